The van der Waals surface area contributed by atoms with Crippen molar-refractivity contribution in [1.82, 2.24) is 0 Å². The van der Waals surface area contributed by atoms with Crippen molar-refractivity contribution in [3.05, 3.63) is 29.3 Å². The summed E-state index contributed by atoms with van der Waals surface area (Å²) in [7, 11) is 0. The zero-order valence-corrected chi connectivity index (χ0v) is 10.9. The van der Waals surface area contributed by atoms with Crippen molar-refractivity contribution >= 4 is 5.69 Å². The van der Waals surface area contributed by atoms with Crippen LogP contribution in [0, 0.1) is 18.3 Å². The Morgan fingerprint density at radius 2 is 2.22 bits per heavy atom. The van der Waals surface area contributed by atoms with Crippen molar-refractivity contribution < 1.29 is 5.11 Å². The molecule has 0 spiro atoms. The molecule has 0 bridgehead atoms. The average molecular weight is 244 g/mol. The van der Waals surface area contributed by atoms with Crippen molar-refractivity contribution in [2.75, 3.05) is 18.1 Å². The molecule has 0 saturated carbocycles. The lowest BCUT2D eigenvalue weighted by Gasteiger charge is -2.31. The van der Waals surface area contributed by atoms with E-state index in [1.54, 1.807) is 0 Å². The van der Waals surface area contributed by atoms with Gasteiger partial charge in [-0.15, -0.1) is 0 Å². The van der Waals surface area contributed by atoms with Crippen LogP contribution in [0.4, 0.5) is 5.69 Å². The van der Waals surface area contributed by atoms with Crippen LogP contribution in [0.1, 0.15) is 36.8 Å². The molecule has 18 heavy (non-hydrogen) atoms. The Morgan fingerprint density at radius 1 is 1.39 bits per heavy atom. The fourth-order valence-electron chi connectivity index (χ4n) is 2.66. The van der Waals surface area contributed by atoms with Gasteiger partial charge in [0.2, 0.25) is 0 Å². The Labute approximate surface area is 109 Å². The summed E-state index contributed by atoms with van der Waals surface area (Å²) in [5.41, 5.74) is 2.85. The highest BCUT2D eigenvalue weighted by atomic mass is 16.3. The van der Waals surface area contributed by atoms with Crippen molar-refractivity contribution in [3.8, 4) is 6.07 Å². The fraction of sp³-hybridized carbons (Fsp3) is 0.533. The van der Waals surface area contributed by atoms with Crippen LogP contribution in [0.25, 0.3) is 0 Å². The highest BCUT2D eigenvalue weighted by Crippen LogP contribution is 2.28. The van der Waals surface area contributed by atoms with E-state index >= 15 is 0 Å². The maximum absolute atomic E-state index is 9.56. The molecule has 1 unspecified atom stereocenters. The van der Waals surface area contributed by atoms with Crippen molar-refractivity contribution in [2.24, 2.45) is 0 Å². The van der Waals surface area contributed by atoms with Crippen molar-refractivity contribution in [3.63, 3.8) is 0 Å². The van der Waals surface area contributed by atoms with Gasteiger partial charge in [0.25, 0.3) is 0 Å². The summed E-state index contributed by atoms with van der Waals surface area (Å²) in [5, 5.41) is 18.8. The number of aliphatic hydroxyl groups is 1. The van der Waals surface area contributed by atoms with E-state index in [1.165, 1.54) is 6.42 Å². The minimum atomic E-state index is 0.154. The number of benzene rings is 1. The second kappa shape index (κ2) is 5.88. The first-order valence-corrected chi connectivity index (χ1v) is 6.64. The first kappa shape index (κ1) is 12.9. The fourth-order valence-corrected chi connectivity index (χ4v) is 2.66. The van der Waals surface area contributed by atoms with E-state index in [0.29, 0.717) is 5.56 Å². The Hall–Kier alpha value is -1.53. The minimum absolute atomic E-state index is 0.154. The predicted molar refractivity (Wildman–Crippen MR) is 72.6 cm³/mol. The Kier molecular flexibility index (Phi) is 4.22. The van der Waals surface area contributed by atoms with Crippen molar-refractivity contribution in [1.29, 1.82) is 5.26 Å². The van der Waals surface area contributed by atoms with E-state index < -0.39 is 0 Å². The summed E-state index contributed by atoms with van der Waals surface area (Å²) in [6, 6.07) is 8.32. The van der Waals surface area contributed by atoms with E-state index in [4.69, 9.17) is 0 Å². The van der Waals surface area contributed by atoms with Crippen LogP contribution in [0.15, 0.2) is 18.2 Å². The molecule has 1 heterocycles. The van der Waals surface area contributed by atoms with Crippen LogP contribution in [0.5, 0.6) is 0 Å². The van der Waals surface area contributed by atoms with E-state index in [1.807, 2.05) is 19.1 Å². The standard InChI is InChI=1S/C15H20N2O/c1-12-6-7-13(10-16)15(9-12)17-8-4-2-3-5-14(17)11-18/h6-7,9,14,18H,2-5,8,11H2,1H3. The van der Waals surface area contributed by atoms with Crippen LogP contribution < -0.4 is 4.90 Å². The molecule has 1 aliphatic rings. The molecular weight excluding hydrogens is 224 g/mol. The molecular formula is C15H20N2O. The summed E-state index contributed by atoms with van der Waals surface area (Å²) in [5.74, 6) is 0. The Balaban J connectivity index is 2.38. The average Bonchev–Trinajstić information content (AvgIpc) is 2.63. The number of aliphatic hydroxyl groups excluding tert-OH is 1. The lowest BCUT2D eigenvalue weighted by atomic mass is 10.1. The summed E-state index contributed by atoms with van der Waals surface area (Å²) in [6.07, 6.45) is 4.51. The van der Waals surface area contributed by atoms with Gasteiger partial charge < -0.3 is 10.0 Å². The topological polar surface area (TPSA) is 47.3 Å². The third-order valence-electron chi connectivity index (χ3n) is 3.67. The first-order valence-electron chi connectivity index (χ1n) is 6.64. The second-order valence-electron chi connectivity index (χ2n) is 5.01. The van der Waals surface area contributed by atoms with Gasteiger partial charge in [0.15, 0.2) is 0 Å². The van der Waals surface area contributed by atoms with E-state index in [9.17, 15) is 10.4 Å². The van der Waals surface area contributed by atoms with E-state index in [2.05, 4.69) is 17.0 Å². The van der Waals surface area contributed by atoms with Gasteiger partial charge in [-0.25, -0.2) is 0 Å². The molecule has 3 heteroatoms. The molecule has 1 N–H and O–H groups in total. The maximum atomic E-state index is 9.56. The van der Waals surface area contributed by atoms with Gasteiger partial charge in [0.05, 0.1) is 23.9 Å². The highest BCUT2D eigenvalue weighted by molar-refractivity contribution is 5.61. The third kappa shape index (κ3) is 2.65. The van der Waals surface area contributed by atoms with Gasteiger partial charge in [-0.2, -0.15) is 5.26 Å². The Bertz CT molecular complexity index is 450. The predicted octanol–water partition coefficient (Wildman–Crippen LogP) is 2.61. The molecule has 1 saturated heterocycles. The van der Waals surface area contributed by atoms with E-state index in [0.717, 1.165) is 37.1 Å². The van der Waals surface area contributed by atoms with Gasteiger partial charge >= 0.3 is 0 Å². The molecule has 1 aromatic carbocycles. The summed E-state index contributed by atoms with van der Waals surface area (Å²) < 4.78 is 0. The Morgan fingerprint density at radius 3 is 2.94 bits per heavy atom. The summed E-state index contributed by atoms with van der Waals surface area (Å²) in [6.45, 7) is 3.14. The third-order valence-corrected chi connectivity index (χ3v) is 3.67. The lowest BCUT2D eigenvalue weighted by Crippen LogP contribution is -2.38. The first-order chi connectivity index (χ1) is 8.76. The van der Waals surface area contributed by atoms with Crippen molar-refractivity contribution in [2.45, 2.75) is 38.6 Å². The highest BCUT2D eigenvalue weighted by Gasteiger charge is 2.22. The molecule has 2 rings (SSSR count). The number of aryl methyl sites for hydroxylation is 1. The molecule has 0 amide bonds. The minimum Gasteiger partial charge on any atom is -0.394 e. The largest absolute Gasteiger partial charge is 0.394 e. The van der Waals surface area contributed by atoms with Gasteiger partial charge in [-0.3, -0.25) is 0 Å². The van der Waals surface area contributed by atoms with Gasteiger partial charge in [0, 0.05) is 6.54 Å². The maximum Gasteiger partial charge on any atom is 0.101 e. The smallest absolute Gasteiger partial charge is 0.101 e. The van der Waals surface area contributed by atoms with Gasteiger partial charge in [-0.1, -0.05) is 18.9 Å². The molecule has 0 aromatic heterocycles. The zero-order valence-electron chi connectivity index (χ0n) is 10.9. The monoisotopic (exact) mass is 244 g/mol. The zero-order chi connectivity index (χ0) is 13.0. The molecule has 96 valence electrons. The van der Waals surface area contributed by atoms with Crippen LogP contribution in [0.3, 0.4) is 0 Å². The molecule has 1 aromatic rings. The number of nitrogens with zero attached hydrogens (tertiary/aromatic N) is 2. The molecule has 1 atom stereocenters. The van der Waals surface area contributed by atoms with Gasteiger partial charge in [-0.05, 0) is 37.5 Å². The number of hydrogen-bond acceptors (Lipinski definition) is 3. The van der Waals surface area contributed by atoms with Crippen LogP contribution in [-0.2, 0) is 0 Å². The quantitative estimate of drug-likeness (QED) is 0.870. The van der Waals surface area contributed by atoms with Crippen LogP contribution in [0.2, 0.25) is 0 Å². The van der Waals surface area contributed by atoms with E-state index in [-0.39, 0.29) is 12.6 Å². The molecule has 0 radical (unpaired) electrons. The normalized spacial score (nSPS) is 20.3. The van der Waals surface area contributed by atoms with Gasteiger partial charge in [0.1, 0.15) is 6.07 Å². The summed E-state index contributed by atoms with van der Waals surface area (Å²) in [4.78, 5) is 2.22. The van der Waals surface area contributed by atoms with Crippen LogP contribution >= 0.6 is 0 Å². The molecule has 1 aliphatic heterocycles. The number of hydrogen-bond donors (Lipinski definition) is 1. The molecule has 0 aliphatic carbocycles. The van der Waals surface area contributed by atoms with Crippen LogP contribution in [-0.4, -0.2) is 24.3 Å². The molecule has 1 fully saturated rings. The second-order valence-corrected chi connectivity index (χ2v) is 5.01. The number of anilines is 1. The number of rotatable bonds is 2. The SMILES string of the molecule is Cc1ccc(C#N)c(N2CCCCCC2CO)c1. The number of nitriles is 1. The molecule has 3 nitrogen and oxygen atoms in total. The summed E-state index contributed by atoms with van der Waals surface area (Å²) >= 11 is 0. The lowest BCUT2D eigenvalue weighted by molar-refractivity contribution is 0.255.